The van der Waals surface area contributed by atoms with Crippen LogP contribution in [0.3, 0.4) is 0 Å². The van der Waals surface area contributed by atoms with Gasteiger partial charge in [0.25, 0.3) is 0 Å². The van der Waals surface area contributed by atoms with Crippen molar-refractivity contribution in [2.75, 3.05) is 25.0 Å². The zero-order chi connectivity index (χ0) is 12.3. The van der Waals surface area contributed by atoms with Crippen molar-refractivity contribution in [3.05, 3.63) is 29.8 Å². The number of carbonyl (C=O) groups excluding carboxylic acids is 1. The number of amides is 1. The Balaban J connectivity index is 1.92. The summed E-state index contributed by atoms with van der Waals surface area (Å²) < 4.78 is 0. The molecular weight excluding hydrogens is 216 g/mol. The second-order valence-corrected chi connectivity index (χ2v) is 4.16. The summed E-state index contributed by atoms with van der Waals surface area (Å²) in [6.45, 7) is 1.84. The molecule has 1 amide bonds. The number of likely N-dealkylation sites (tertiary alicyclic amines) is 1. The molecule has 1 aromatic carbocycles. The van der Waals surface area contributed by atoms with Gasteiger partial charge in [0, 0.05) is 19.1 Å². The summed E-state index contributed by atoms with van der Waals surface area (Å²) in [6.07, 6.45) is 0. The average molecular weight is 230 g/mol. The van der Waals surface area contributed by atoms with Crippen LogP contribution in [-0.2, 0) is 4.79 Å². The van der Waals surface area contributed by atoms with Gasteiger partial charge in [-0.05, 0) is 12.1 Å². The minimum absolute atomic E-state index is 0.111. The highest BCUT2D eigenvalue weighted by atomic mass is 16.2. The van der Waals surface area contributed by atoms with E-state index in [2.05, 4.69) is 5.32 Å². The smallest absolute Gasteiger partial charge is 0.238 e. The first kappa shape index (κ1) is 11.6. The zero-order valence-corrected chi connectivity index (χ0v) is 9.39. The molecule has 5 heteroatoms. The zero-order valence-electron chi connectivity index (χ0n) is 9.39. The molecule has 88 valence electrons. The maximum absolute atomic E-state index is 11.7. The van der Waals surface area contributed by atoms with Gasteiger partial charge in [-0.25, -0.2) is 0 Å². The third-order valence-corrected chi connectivity index (χ3v) is 2.67. The molecule has 0 unspecified atom stereocenters. The molecule has 0 radical (unpaired) electrons. The number of anilines is 1. The highest BCUT2D eigenvalue weighted by molar-refractivity contribution is 5.93. The highest BCUT2D eigenvalue weighted by Crippen LogP contribution is 2.13. The predicted octanol–water partition coefficient (Wildman–Crippen LogP) is 0.140. The summed E-state index contributed by atoms with van der Waals surface area (Å²) in [4.78, 5) is 13.7. The van der Waals surface area contributed by atoms with Gasteiger partial charge in [-0.15, -0.1) is 0 Å². The summed E-state index contributed by atoms with van der Waals surface area (Å²) in [7, 11) is 0. The highest BCUT2D eigenvalue weighted by Gasteiger charge is 2.24. The van der Waals surface area contributed by atoms with E-state index in [1.165, 1.54) is 0 Å². The summed E-state index contributed by atoms with van der Waals surface area (Å²) >= 11 is 0. The number of nitrogens with one attached hydrogen (secondary N) is 1. The molecule has 0 aromatic heterocycles. The number of nitriles is 1. The predicted molar refractivity (Wildman–Crippen MR) is 64.2 cm³/mol. The Morgan fingerprint density at radius 3 is 2.88 bits per heavy atom. The van der Waals surface area contributed by atoms with Gasteiger partial charge in [-0.3, -0.25) is 9.69 Å². The van der Waals surface area contributed by atoms with Crippen LogP contribution in [0.4, 0.5) is 5.69 Å². The van der Waals surface area contributed by atoms with Crippen molar-refractivity contribution < 1.29 is 4.79 Å². The van der Waals surface area contributed by atoms with Crippen molar-refractivity contribution in [2.24, 2.45) is 5.73 Å². The number of nitrogens with zero attached hydrogens (tertiary/aromatic N) is 2. The van der Waals surface area contributed by atoms with Crippen molar-refractivity contribution >= 4 is 11.6 Å². The van der Waals surface area contributed by atoms with Crippen LogP contribution in [0.25, 0.3) is 0 Å². The Kier molecular flexibility index (Phi) is 3.38. The monoisotopic (exact) mass is 230 g/mol. The lowest BCUT2D eigenvalue weighted by atomic mass is 10.1. The van der Waals surface area contributed by atoms with Gasteiger partial charge in [0.05, 0.1) is 17.8 Å². The Morgan fingerprint density at radius 2 is 2.24 bits per heavy atom. The van der Waals surface area contributed by atoms with E-state index in [1.54, 1.807) is 24.3 Å². The third kappa shape index (κ3) is 2.81. The third-order valence-electron chi connectivity index (χ3n) is 2.67. The second kappa shape index (κ2) is 4.95. The molecule has 1 aliphatic rings. The normalized spacial score (nSPS) is 16.0. The molecule has 0 atom stereocenters. The van der Waals surface area contributed by atoms with Crippen molar-refractivity contribution in [3.63, 3.8) is 0 Å². The molecular formula is C12H14N4O. The number of hydrogen-bond acceptors (Lipinski definition) is 4. The molecule has 3 N–H and O–H groups in total. The van der Waals surface area contributed by atoms with E-state index in [1.807, 2.05) is 11.0 Å². The summed E-state index contributed by atoms with van der Waals surface area (Å²) in [6, 6.07) is 9.18. The molecule has 0 aliphatic carbocycles. The fourth-order valence-corrected chi connectivity index (χ4v) is 1.82. The van der Waals surface area contributed by atoms with Crippen LogP contribution < -0.4 is 11.1 Å². The van der Waals surface area contributed by atoms with Gasteiger partial charge in [0.15, 0.2) is 0 Å². The summed E-state index contributed by atoms with van der Waals surface area (Å²) in [5, 5.41) is 11.6. The Hall–Kier alpha value is -1.90. The molecule has 2 rings (SSSR count). The first-order valence-electron chi connectivity index (χ1n) is 5.46. The Bertz CT molecular complexity index is 460. The van der Waals surface area contributed by atoms with Crippen molar-refractivity contribution in [2.45, 2.75) is 6.04 Å². The molecule has 1 aromatic rings. The van der Waals surface area contributed by atoms with E-state index in [9.17, 15) is 4.79 Å². The van der Waals surface area contributed by atoms with Gasteiger partial charge >= 0.3 is 0 Å². The van der Waals surface area contributed by atoms with Crippen LogP contribution in [0, 0.1) is 11.3 Å². The van der Waals surface area contributed by atoms with E-state index >= 15 is 0 Å². The van der Waals surface area contributed by atoms with Gasteiger partial charge in [0.1, 0.15) is 6.07 Å². The lowest BCUT2D eigenvalue weighted by Gasteiger charge is -2.36. The first-order valence-corrected chi connectivity index (χ1v) is 5.46. The summed E-state index contributed by atoms with van der Waals surface area (Å²) in [5.74, 6) is -0.111. The fourth-order valence-electron chi connectivity index (χ4n) is 1.82. The molecule has 0 bridgehead atoms. The van der Waals surface area contributed by atoms with Gasteiger partial charge in [0.2, 0.25) is 5.91 Å². The molecule has 17 heavy (non-hydrogen) atoms. The number of benzene rings is 1. The van der Waals surface area contributed by atoms with E-state index in [0.29, 0.717) is 17.8 Å². The Morgan fingerprint density at radius 1 is 1.53 bits per heavy atom. The molecule has 0 spiro atoms. The maximum Gasteiger partial charge on any atom is 0.238 e. The SMILES string of the molecule is N#Cc1ccccc1NC(=O)CN1CC(N)C1. The molecule has 1 aliphatic heterocycles. The minimum Gasteiger partial charge on any atom is -0.325 e. The fraction of sp³-hybridized carbons (Fsp3) is 0.333. The maximum atomic E-state index is 11.7. The van der Waals surface area contributed by atoms with Crippen molar-refractivity contribution in [3.8, 4) is 6.07 Å². The molecule has 1 saturated heterocycles. The van der Waals surface area contributed by atoms with Crippen LogP contribution >= 0.6 is 0 Å². The largest absolute Gasteiger partial charge is 0.325 e. The molecule has 5 nitrogen and oxygen atoms in total. The standard InChI is InChI=1S/C12H14N4O/c13-5-9-3-1-2-4-11(9)15-12(17)8-16-6-10(14)7-16/h1-4,10H,6-8,14H2,(H,15,17). The number of hydrogen-bond donors (Lipinski definition) is 2. The number of rotatable bonds is 3. The average Bonchev–Trinajstić information content (AvgIpc) is 2.27. The second-order valence-electron chi connectivity index (χ2n) is 4.16. The van der Waals surface area contributed by atoms with Gasteiger partial charge in [-0.1, -0.05) is 12.1 Å². The molecule has 1 heterocycles. The number of carbonyl (C=O) groups is 1. The Labute approximate surface area is 99.8 Å². The summed E-state index contributed by atoms with van der Waals surface area (Å²) in [5.41, 5.74) is 6.66. The number of nitrogens with two attached hydrogens (primary N) is 1. The van der Waals surface area contributed by atoms with Crippen LogP contribution in [0.2, 0.25) is 0 Å². The lowest BCUT2D eigenvalue weighted by molar-refractivity contribution is -0.118. The molecule has 0 saturated carbocycles. The van der Waals surface area contributed by atoms with Crippen LogP contribution in [0.1, 0.15) is 5.56 Å². The van der Waals surface area contributed by atoms with Crippen LogP contribution in [0.15, 0.2) is 24.3 Å². The van der Waals surface area contributed by atoms with E-state index < -0.39 is 0 Å². The topological polar surface area (TPSA) is 82.2 Å². The quantitative estimate of drug-likeness (QED) is 0.773. The van der Waals surface area contributed by atoms with E-state index in [0.717, 1.165) is 13.1 Å². The number of para-hydroxylation sites is 1. The van der Waals surface area contributed by atoms with Crippen molar-refractivity contribution in [1.82, 2.24) is 4.90 Å². The first-order chi connectivity index (χ1) is 8.19. The van der Waals surface area contributed by atoms with Crippen LogP contribution in [0.5, 0.6) is 0 Å². The van der Waals surface area contributed by atoms with Gasteiger partial charge in [-0.2, -0.15) is 5.26 Å². The minimum atomic E-state index is -0.111. The van der Waals surface area contributed by atoms with E-state index in [4.69, 9.17) is 11.0 Å². The van der Waals surface area contributed by atoms with Gasteiger partial charge < -0.3 is 11.1 Å². The van der Waals surface area contributed by atoms with E-state index in [-0.39, 0.29) is 11.9 Å². The van der Waals surface area contributed by atoms with Crippen LogP contribution in [-0.4, -0.2) is 36.5 Å². The van der Waals surface area contributed by atoms with Crippen molar-refractivity contribution in [1.29, 1.82) is 5.26 Å². The molecule has 1 fully saturated rings. The lowest BCUT2D eigenvalue weighted by Crippen LogP contribution is -2.57.